The summed E-state index contributed by atoms with van der Waals surface area (Å²) in [5.41, 5.74) is 0. The molecule has 2 rings (SSSR count). The van der Waals surface area contributed by atoms with Crippen LogP contribution in [0, 0.1) is 11.7 Å². The third-order valence-corrected chi connectivity index (χ3v) is 3.40. The molecule has 1 aliphatic heterocycles. The average Bonchev–Trinajstić information content (AvgIpc) is 2.46. The van der Waals surface area contributed by atoms with Gasteiger partial charge in [0.05, 0.1) is 0 Å². The van der Waals surface area contributed by atoms with Crippen LogP contribution in [0.1, 0.15) is 12.8 Å². The molecule has 0 atom stereocenters. The highest BCUT2D eigenvalue weighted by atomic mass is 19.1. The number of hydrogen-bond donors (Lipinski definition) is 1. The van der Waals surface area contributed by atoms with E-state index in [4.69, 9.17) is 9.84 Å². The maximum atomic E-state index is 12.7. The van der Waals surface area contributed by atoms with E-state index in [1.54, 1.807) is 4.90 Å². The fourth-order valence-electron chi connectivity index (χ4n) is 2.13. The molecule has 1 saturated heterocycles. The molecule has 0 unspecified atom stereocenters. The smallest absolute Gasteiger partial charge is 0.260 e. The van der Waals surface area contributed by atoms with Crippen molar-refractivity contribution in [2.75, 3.05) is 26.3 Å². The Labute approximate surface area is 111 Å². The third-order valence-electron chi connectivity index (χ3n) is 3.40. The van der Waals surface area contributed by atoms with Crippen LogP contribution in [0.5, 0.6) is 5.75 Å². The minimum atomic E-state index is -0.329. The number of rotatable bonds is 4. The highest BCUT2D eigenvalue weighted by molar-refractivity contribution is 5.77. The molecule has 1 fully saturated rings. The van der Waals surface area contributed by atoms with Gasteiger partial charge in [0, 0.05) is 19.7 Å². The van der Waals surface area contributed by atoms with E-state index < -0.39 is 0 Å². The monoisotopic (exact) mass is 267 g/mol. The van der Waals surface area contributed by atoms with E-state index in [0.717, 1.165) is 12.8 Å². The molecule has 1 amide bonds. The van der Waals surface area contributed by atoms with Crippen LogP contribution in [0.25, 0.3) is 0 Å². The molecule has 5 heteroatoms. The van der Waals surface area contributed by atoms with Crippen LogP contribution in [-0.2, 0) is 4.79 Å². The van der Waals surface area contributed by atoms with Crippen LogP contribution in [0.4, 0.5) is 4.39 Å². The summed E-state index contributed by atoms with van der Waals surface area (Å²) < 4.78 is 18.0. The van der Waals surface area contributed by atoms with Gasteiger partial charge < -0.3 is 14.7 Å². The maximum Gasteiger partial charge on any atom is 0.260 e. The van der Waals surface area contributed by atoms with Crippen LogP contribution >= 0.6 is 0 Å². The molecule has 1 aromatic rings. The van der Waals surface area contributed by atoms with Gasteiger partial charge in [-0.3, -0.25) is 4.79 Å². The van der Waals surface area contributed by atoms with Crippen molar-refractivity contribution in [1.82, 2.24) is 4.90 Å². The zero-order valence-corrected chi connectivity index (χ0v) is 10.7. The van der Waals surface area contributed by atoms with Gasteiger partial charge in [0.2, 0.25) is 0 Å². The predicted molar refractivity (Wildman–Crippen MR) is 68.3 cm³/mol. The number of halogens is 1. The maximum absolute atomic E-state index is 12.7. The summed E-state index contributed by atoms with van der Waals surface area (Å²) in [6.45, 7) is 1.48. The zero-order valence-electron chi connectivity index (χ0n) is 10.7. The number of hydrogen-bond acceptors (Lipinski definition) is 3. The molecule has 0 saturated carbocycles. The second-order valence-corrected chi connectivity index (χ2v) is 4.75. The van der Waals surface area contributed by atoms with Gasteiger partial charge in [0.1, 0.15) is 11.6 Å². The number of piperidine rings is 1. The number of carbonyl (C=O) groups excluding carboxylic acids is 1. The lowest BCUT2D eigenvalue weighted by Crippen LogP contribution is -2.41. The highest BCUT2D eigenvalue weighted by Gasteiger charge is 2.22. The molecule has 19 heavy (non-hydrogen) atoms. The van der Waals surface area contributed by atoms with Crippen molar-refractivity contribution >= 4 is 5.91 Å². The Morgan fingerprint density at radius 1 is 1.32 bits per heavy atom. The van der Waals surface area contributed by atoms with Gasteiger partial charge in [-0.25, -0.2) is 4.39 Å². The Bertz CT molecular complexity index is 413. The van der Waals surface area contributed by atoms with Gasteiger partial charge in [0.15, 0.2) is 6.61 Å². The van der Waals surface area contributed by atoms with Crippen molar-refractivity contribution in [2.45, 2.75) is 12.8 Å². The Balaban J connectivity index is 1.77. The Kier molecular flexibility index (Phi) is 4.74. The summed E-state index contributed by atoms with van der Waals surface area (Å²) in [6.07, 6.45) is 1.66. The van der Waals surface area contributed by atoms with Gasteiger partial charge in [0.25, 0.3) is 5.91 Å². The SMILES string of the molecule is O=C(COc1ccc(F)cc1)N1CCC(CO)CC1. The van der Waals surface area contributed by atoms with Crippen LogP contribution < -0.4 is 4.74 Å². The third kappa shape index (κ3) is 3.92. The summed E-state index contributed by atoms with van der Waals surface area (Å²) >= 11 is 0. The number of aliphatic hydroxyl groups excluding tert-OH is 1. The normalized spacial score (nSPS) is 16.4. The van der Waals surface area contributed by atoms with Crippen LogP contribution in [0.15, 0.2) is 24.3 Å². The number of benzene rings is 1. The fourth-order valence-corrected chi connectivity index (χ4v) is 2.13. The molecular weight excluding hydrogens is 249 g/mol. The number of nitrogens with zero attached hydrogens (tertiary/aromatic N) is 1. The van der Waals surface area contributed by atoms with E-state index in [0.29, 0.717) is 24.8 Å². The molecule has 1 aromatic carbocycles. The quantitative estimate of drug-likeness (QED) is 0.898. The summed E-state index contributed by atoms with van der Waals surface area (Å²) in [6, 6.07) is 5.60. The Morgan fingerprint density at radius 2 is 1.95 bits per heavy atom. The summed E-state index contributed by atoms with van der Waals surface area (Å²) in [5, 5.41) is 9.03. The standard InChI is InChI=1S/C14H18FNO3/c15-12-1-3-13(4-2-12)19-10-14(18)16-7-5-11(9-17)6-8-16/h1-4,11,17H,5-10H2. The Morgan fingerprint density at radius 3 is 2.53 bits per heavy atom. The molecule has 0 radical (unpaired) electrons. The number of amides is 1. The molecule has 104 valence electrons. The second kappa shape index (κ2) is 6.52. The lowest BCUT2D eigenvalue weighted by molar-refractivity contribution is -0.134. The molecule has 1 N–H and O–H groups in total. The van der Waals surface area contributed by atoms with E-state index in [1.165, 1.54) is 24.3 Å². The molecule has 1 heterocycles. The lowest BCUT2D eigenvalue weighted by atomic mass is 9.98. The van der Waals surface area contributed by atoms with Crippen molar-refractivity contribution in [3.8, 4) is 5.75 Å². The van der Waals surface area contributed by atoms with E-state index in [2.05, 4.69) is 0 Å². The van der Waals surface area contributed by atoms with E-state index >= 15 is 0 Å². The number of ether oxygens (including phenoxy) is 1. The van der Waals surface area contributed by atoms with E-state index in [-0.39, 0.29) is 24.9 Å². The van der Waals surface area contributed by atoms with Gasteiger partial charge in [-0.05, 0) is 43.0 Å². The average molecular weight is 267 g/mol. The molecular formula is C14H18FNO3. The Hall–Kier alpha value is -1.62. The molecule has 0 aromatic heterocycles. The first-order chi connectivity index (χ1) is 9.19. The minimum absolute atomic E-state index is 0.0323. The molecule has 0 spiro atoms. The van der Waals surface area contributed by atoms with Crippen LogP contribution in [0.3, 0.4) is 0 Å². The predicted octanol–water partition coefficient (Wildman–Crippen LogP) is 1.44. The van der Waals surface area contributed by atoms with Crippen molar-refractivity contribution in [1.29, 1.82) is 0 Å². The topological polar surface area (TPSA) is 49.8 Å². The molecule has 0 aliphatic carbocycles. The molecule has 4 nitrogen and oxygen atoms in total. The van der Waals surface area contributed by atoms with Crippen molar-refractivity contribution in [3.05, 3.63) is 30.1 Å². The minimum Gasteiger partial charge on any atom is -0.484 e. The van der Waals surface area contributed by atoms with Gasteiger partial charge in [-0.2, -0.15) is 0 Å². The largest absolute Gasteiger partial charge is 0.484 e. The zero-order chi connectivity index (χ0) is 13.7. The van der Waals surface area contributed by atoms with Gasteiger partial charge >= 0.3 is 0 Å². The van der Waals surface area contributed by atoms with E-state index in [9.17, 15) is 9.18 Å². The number of carbonyl (C=O) groups is 1. The van der Waals surface area contributed by atoms with Crippen molar-refractivity contribution in [2.24, 2.45) is 5.92 Å². The first-order valence-corrected chi connectivity index (χ1v) is 6.46. The molecule has 1 aliphatic rings. The van der Waals surface area contributed by atoms with E-state index in [1.807, 2.05) is 0 Å². The summed E-state index contributed by atoms with van der Waals surface area (Å²) in [4.78, 5) is 13.6. The van der Waals surface area contributed by atoms with Crippen molar-refractivity contribution < 1.29 is 19.0 Å². The lowest BCUT2D eigenvalue weighted by Gasteiger charge is -2.31. The highest BCUT2D eigenvalue weighted by Crippen LogP contribution is 2.17. The fraction of sp³-hybridized carbons (Fsp3) is 0.500. The first kappa shape index (κ1) is 13.8. The van der Waals surface area contributed by atoms with Crippen LogP contribution in [-0.4, -0.2) is 42.2 Å². The molecule has 0 bridgehead atoms. The van der Waals surface area contributed by atoms with Gasteiger partial charge in [-0.15, -0.1) is 0 Å². The van der Waals surface area contributed by atoms with Crippen LogP contribution in [0.2, 0.25) is 0 Å². The second-order valence-electron chi connectivity index (χ2n) is 4.75. The summed E-state index contributed by atoms with van der Waals surface area (Å²) in [5.74, 6) is 0.396. The summed E-state index contributed by atoms with van der Waals surface area (Å²) in [7, 11) is 0. The van der Waals surface area contributed by atoms with Gasteiger partial charge in [-0.1, -0.05) is 0 Å². The number of aliphatic hydroxyl groups is 1. The van der Waals surface area contributed by atoms with Crippen molar-refractivity contribution in [3.63, 3.8) is 0 Å². The first-order valence-electron chi connectivity index (χ1n) is 6.46. The number of likely N-dealkylation sites (tertiary alicyclic amines) is 1.